The fourth-order valence-corrected chi connectivity index (χ4v) is 0.966. The largest absolute Gasteiger partial charge is 0.401 e. The summed E-state index contributed by atoms with van der Waals surface area (Å²) < 4.78 is 0. The first-order valence-electron chi connectivity index (χ1n) is 4.18. The molecule has 1 aliphatic carbocycles. The van der Waals surface area contributed by atoms with Crippen LogP contribution in [0.5, 0.6) is 0 Å². The minimum atomic E-state index is 0.374. The van der Waals surface area contributed by atoms with Crippen molar-refractivity contribution in [1.82, 2.24) is 0 Å². The third kappa shape index (κ3) is 2.00. The summed E-state index contributed by atoms with van der Waals surface area (Å²) in [5, 5.41) is 0. The Balaban J connectivity index is 2.49. The zero-order valence-electron chi connectivity index (χ0n) is 7.96. The molecule has 0 heterocycles. The van der Waals surface area contributed by atoms with Crippen LogP contribution in [0.15, 0.2) is 16.4 Å². The minimum absolute atomic E-state index is 0.374. The second kappa shape index (κ2) is 2.81. The molecule has 68 valence electrons. The summed E-state index contributed by atoms with van der Waals surface area (Å²) in [5.74, 6) is 0. The van der Waals surface area contributed by atoms with Crippen molar-refractivity contribution < 1.29 is 0 Å². The Morgan fingerprint density at radius 1 is 1.50 bits per heavy atom. The molecular formula is C9H17N3. The highest BCUT2D eigenvalue weighted by atomic mass is 14.9. The second-order valence-electron chi connectivity index (χ2n) is 4.13. The third-order valence-electron chi connectivity index (χ3n) is 2.31. The summed E-state index contributed by atoms with van der Waals surface area (Å²) in [5.41, 5.74) is 12.7. The zero-order chi connectivity index (χ0) is 9.35. The smallest absolute Gasteiger partial charge is 0.0683 e. The van der Waals surface area contributed by atoms with Crippen LogP contribution < -0.4 is 11.5 Å². The topological polar surface area (TPSA) is 64.4 Å². The Kier molecular flexibility index (Phi) is 2.13. The van der Waals surface area contributed by atoms with Crippen molar-refractivity contribution in [3.63, 3.8) is 0 Å². The highest BCUT2D eigenvalue weighted by Crippen LogP contribution is 2.47. The summed E-state index contributed by atoms with van der Waals surface area (Å²) >= 11 is 0. The van der Waals surface area contributed by atoms with Crippen LogP contribution >= 0.6 is 0 Å². The van der Waals surface area contributed by atoms with Crippen LogP contribution in [-0.2, 0) is 0 Å². The van der Waals surface area contributed by atoms with Crippen LogP contribution in [0.1, 0.15) is 27.2 Å². The number of hydrogen-bond donors (Lipinski definition) is 2. The van der Waals surface area contributed by atoms with E-state index in [1.165, 1.54) is 0 Å². The number of nitrogens with zero attached hydrogens (tertiary/aromatic N) is 1. The predicted molar refractivity (Wildman–Crippen MR) is 51.8 cm³/mol. The number of allylic oxidation sites excluding steroid dienone is 2. The summed E-state index contributed by atoms with van der Waals surface area (Å²) in [6, 6.07) is 0.440. The molecular weight excluding hydrogens is 150 g/mol. The van der Waals surface area contributed by atoms with Gasteiger partial charge in [-0.1, -0.05) is 13.8 Å². The van der Waals surface area contributed by atoms with E-state index in [2.05, 4.69) is 18.8 Å². The van der Waals surface area contributed by atoms with E-state index >= 15 is 0 Å². The molecule has 0 aromatic heterocycles. The molecule has 0 bridgehead atoms. The highest BCUT2D eigenvalue weighted by molar-refractivity contribution is 5.78. The lowest BCUT2D eigenvalue weighted by atomic mass is 10.2. The normalized spacial score (nSPS) is 28.8. The molecule has 0 radical (unpaired) electrons. The molecule has 1 aliphatic rings. The van der Waals surface area contributed by atoms with Gasteiger partial charge < -0.3 is 11.5 Å². The summed E-state index contributed by atoms with van der Waals surface area (Å²) in [6.07, 6.45) is 2.83. The Labute approximate surface area is 73.5 Å². The lowest BCUT2D eigenvalue weighted by Crippen LogP contribution is -2.08. The Morgan fingerprint density at radius 2 is 2.00 bits per heavy atom. The molecule has 12 heavy (non-hydrogen) atoms. The van der Waals surface area contributed by atoms with Gasteiger partial charge in [-0.15, -0.1) is 0 Å². The van der Waals surface area contributed by atoms with E-state index in [1.54, 1.807) is 13.1 Å². The van der Waals surface area contributed by atoms with Crippen LogP contribution in [0.4, 0.5) is 0 Å². The molecule has 0 aliphatic heterocycles. The van der Waals surface area contributed by atoms with Gasteiger partial charge in [0.05, 0.1) is 11.7 Å². The fraction of sp³-hybridized carbons (Fsp3) is 0.667. The van der Waals surface area contributed by atoms with Crippen molar-refractivity contribution >= 4 is 6.21 Å². The van der Waals surface area contributed by atoms with Crippen molar-refractivity contribution in [2.45, 2.75) is 33.2 Å². The molecule has 0 aromatic rings. The molecule has 0 aromatic carbocycles. The lowest BCUT2D eigenvalue weighted by Gasteiger charge is -1.97. The third-order valence-corrected chi connectivity index (χ3v) is 2.31. The van der Waals surface area contributed by atoms with Gasteiger partial charge in [-0.25, -0.2) is 0 Å². The van der Waals surface area contributed by atoms with Crippen LogP contribution in [0.25, 0.3) is 0 Å². The molecule has 1 unspecified atom stereocenters. The van der Waals surface area contributed by atoms with Gasteiger partial charge in [0.2, 0.25) is 0 Å². The predicted octanol–water partition coefficient (Wildman–Crippen LogP) is 1.00. The fourth-order valence-electron chi connectivity index (χ4n) is 0.966. The Bertz CT molecular complexity index is 234. The molecule has 0 spiro atoms. The first-order chi connectivity index (χ1) is 5.43. The van der Waals surface area contributed by atoms with Crippen molar-refractivity contribution in [3.05, 3.63) is 11.4 Å². The number of nitrogens with two attached hydrogens (primary N) is 2. The molecule has 0 saturated heterocycles. The molecule has 3 heteroatoms. The first kappa shape index (κ1) is 9.10. The molecule has 3 nitrogen and oxygen atoms in total. The summed E-state index contributed by atoms with van der Waals surface area (Å²) in [7, 11) is 0. The van der Waals surface area contributed by atoms with Gasteiger partial charge in [0, 0.05) is 11.9 Å². The SMILES string of the molecule is CC(N)=C(N)C=NC1CC1(C)C. The molecule has 1 saturated carbocycles. The zero-order valence-corrected chi connectivity index (χ0v) is 7.96. The van der Waals surface area contributed by atoms with Crippen LogP contribution in [-0.4, -0.2) is 12.3 Å². The van der Waals surface area contributed by atoms with Gasteiger partial charge in [0.15, 0.2) is 0 Å². The van der Waals surface area contributed by atoms with E-state index in [0.29, 0.717) is 22.9 Å². The van der Waals surface area contributed by atoms with Gasteiger partial charge in [-0.3, -0.25) is 4.99 Å². The van der Waals surface area contributed by atoms with Gasteiger partial charge in [-0.2, -0.15) is 0 Å². The maximum absolute atomic E-state index is 5.59. The summed E-state index contributed by atoms with van der Waals surface area (Å²) in [6.45, 7) is 6.17. The first-order valence-corrected chi connectivity index (χ1v) is 4.18. The van der Waals surface area contributed by atoms with Crippen LogP contribution in [0.2, 0.25) is 0 Å². The van der Waals surface area contributed by atoms with Gasteiger partial charge in [0.25, 0.3) is 0 Å². The van der Waals surface area contributed by atoms with Crippen LogP contribution in [0, 0.1) is 5.41 Å². The monoisotopic (exact) mass is 167 g/mol. The molecule has 4 N–H and O–H groups in total. The van der Waals surface area contributed by atoms with E-state index in [1.807, 2.05) is 0 Å². The van der Waals surface area contributed by atoms with E-state index < -0.39 is 0 Å². The molecule has 1 fully saturated rings. The molecule has 1 rings (SSSR count). The van der Waals surface area contributed by atoms with Crippen molar-refractivity contribution in [2.24, 2.45) is 21.9 Å². The number of aliphatic imine (C=N–C) groups is 1. The number of rotatable bonds is 2. The van der Waals surface area contributed by atoms with Gasteiger partial charge in [-0.05, 0) is 18.8 Å². The highest BCUT2D eigenvalue weighted by Gasteiger charge is 2.45. The van der Waals surface area contributed by atoms with Gasteiger partial charge in [0.1, 0.15) is 0 Å². The van der Waals surface area contributed by atoms with E-state index in [9.17, 15) is 0 Å². The van der Waals surface area contributed by atoms with Crippen molar-refractivity contribution in [3.8, 4) is 0 Å². The maximum atomic E-state index is 5.59. The van der Waals surface area contributed by atoms with Crippen molar-refractivity contribution in [2.75, 3.05) is 0 Å². The average molecular weight is 167 g/mol. The summed E-state index contributed by atoms with van der Waals surface area (Å²) in [4.78, 5) is 4.32. The standard InChI is InChI=1S/C9H17N3/c1-6(10)7(11)5-12-8-4-9(8,2)3/h5,8H,4,10-11H2,1-3H3. The van der Waals surface area contributed by atoms with E-state index in [4.69, 9.17) is 11.5 Å². The van der Waals surface area contributed by atoms with Crippen LogP contribution in [0.3, 0.4) is 0 Å². The minimum Gasteiger partial charge on any atom is -0.401 e. The lowest BCUT2D eigenvalue weighted by molar-refractivity contribution is 0.619. The maximum Gasteiger partial charge on any atom is 0.0683 e. The average Bonchev–Trinajstić information content (AvgIpc) is 2.54. The van der Waals surface area contributed by atoms with Gasteiger partial charge >= 0.3 is 0 Å². The van der Waals surface area contributed by atoms with E-state index in [-0.39, 0.29) is 0 Å². The van der Waals surface area contributed by atoms with Crippen molar-refractivity contribution in [1.29, 1.82) is 0 Å². The van der Waals surface area contributed by atoms with E-state index in [0.717, 1.165) is 6.42 Å². The number of hydrogen-bond acceptors (Lipinski definition) is 3. The quantitative estimate of drug-likeness (QED) is 0.603. The second-order valence-corrected chi connectivity index (χ2v) is 4.13. The Hall–Kier alpha value is -0.990. The molecule has 0 amide bonds. The Morgan fingerprint density at radius 3 is 2.33 bits per heavy atom. The molecule has 1 atom stereocenters.